The predicted octanol–water partition coefficient (Wildman–Crippen LogP) is 2.48. The van der Waals surface area contributed by atoms with Gasteiger partial charge >= 0.3 is 0 Å². The molecule has 20 heavy (non-hydrogen) atoms. The second-order valence-electron chi connectivity index (χ2n) is 5.73. The molecule has 0 bridgehead atoms. The number of sulfonamides is 1. The molecule has 1 aromatic carbocycles. The molecular weight excluding hydrogens is 292 g/mol. The van der Waals surface area contributed by atoms with Crippen LogP contribution in [0.4, 0.5) is 5.69 Å². The number of nitrogens with two attached hydrogens (primary N) is 1. The second kappa shape index (κ2) is 5.58. The Morgan fingerprint density at radius 2 is 2.00 bits per heavy atom. The van der Waals surface area contributed by atoms with Crippen molar-refractivity contribution in [1.82, 2.24) is 4.31 Å². The van der Waals surface area contributed by atoms with E-state index in [1.54, 1.807) is 29.4 Å². The van der Waals surface area contributed by atoms with Gasteiger partial charge < -0.3 is 5.73 Å². The maximum atomic E-state index is 12.8. The van der Waals surface area contributed by atoms with Crippen molar-refractivity contribution in [3.63, 3.8) is 0 Å². The van der Waals surface area contributed by atoms with Crippen molar-refractivity contribution in [2.24, 2.45) is 0 Å². The Morgan fingerprint density at radius 1 is 1.30 bits per heavy atom. The fourth-order valence-electron chi connectivity index (χ4n) is 2.29. The number of nitrogen functional groups attached to an aromatic ring is 1. The number of hydrogen-bond acceptors (Lipinski definition) is 4. The lowest BCUT2D eigenvalue weighted by Crippen LogP contribution is -2.34. The molecular formula is C14H22N2O2S2. The van der Waals surface area contributed by atoms with Crippen molar-refractivity contribution in [3.8, 4) is 0 Å². The number of thioether (sulfide) groups is 1. The zero-order valence-corrected chi connectivity index (χ0v) is 13.9. The van der Waals surface area contributed by atoms with Crippen LogP contribution in [0.3, 0.4) is 0 Å². The number of rotatable bonds is 2. The Morgan fingerprint density at radius 3 is 2.70 bits per heavy atom. The average molecular weight is 314 g/mol. The Balaban J connectivity index is 2.33. The van der Waals surface area contributed by atoms with Crippen molar-refractivity contribution >= 4 is 27.5 Å². The molecule has 1 heterocycles. The van der Waals surface area contributed by atoms with E-state index in [0.717, 1.165) is 12.2 Å². The number of anilines is 1. The highest BCUT2D eigenvalue weighted by molar-refractivity contribution is 8.00. The molecule has 1 aliphatic heterocycles. The molecule has 0 aliphatic carbocycles. The van der Waals surface area contributed by atoms with Gasteiger partial charge in [-0.3, -0.25) is 0 Å². The highest BCUT2D eigenvalue weighted by atomic mass is 32.2. The van der Waals surface area contributed by atoms with Gasteiger partial charge in [0, 0.05) is 29.3 Å². The lowest BCUT2D eigenvalue weighted by atomic mass is 10.1. The summed E-state index contributed by atoms with van der Waals surface area (Å²) in [5, 5.41) is 0. The van der Waals surface area contributed by atoms with Crippen molar-refractivity contribution in [2.45, 2.75) is 36.8 Å². The molecule has 112 valence electrons. The van der Waals surface area contributed by atoms with Crippen LogP contribution < -0.4 is 5.73 Å². The standard InChI is InChI=1S/C14H22N2O2S2/c1-11-12(15)5-4-6-13(11)20(17,18)16-8-7-14(2,3)19-10-9-16/h4-6H,7-10,15H2,1-3H3. The molecule has 2 N–H and O–H groups in total. The van der Waals surface area contributed by atoms with Gasteiger partial charge in [-0.15, -0.1) is 0 Å². The number of benzene rings is 1. The van der Waals surface area contributed by atoms with E-state index in [9.17, 15) is 8.42 Å². The molecule has 0 amide bonds. The minimum absolute atomic E-state index is 0.134. The zero-order valence-electron chi connectivity index (χ0n) is 12.2. The summed E-state index contributed by atoms with van der Waals surface area (Å²) in [5.41, 5.74) is 7.00. The molecule has 0 saturated carbocycles. The van der Waals surface area contributed by atoms with Crippen molar-refractivity contribution in [1.29, 1.82) is 0 Å². The van der Waals surface area contributed by atoms with Gasteiger partial charge in [-0.1, -0.05) is 19.9 Å². The first kappa shape index (κ1) is 15.7. The topological polar surface area (TPSA) is 63.4 Å². The van der Waals surface area contributed by atoms with Gasteiger partial charge in [-0.25, -0.2) is 8.42 Å². The first-order valence-corrected chi connectivity index (χ1v) is 9.16. The minimum Gasteiger partial charge on any atom is -0.398 e. The van der Waals surface area contributed by atoms with E-state index in [1.165, 1.54) is 0 Å². The fraction of sp³-hybridized carbons (Fsp3) is 0.571. The molecule has 2 rings (SSSR count). The van der Waals surface area contributed by atoms with Crippen molar-refractivity contribution in [2.75, 3.05) is 24.6 Å². The molecule has 0 radical (unpaired) electrons. The van der Waals surface area contributed by atoms with E-state index in [0.29, 0.717) is 29.2 Å². The van der Waals surface area contributed by atoms with E-state index in [1.807, 2.05) is 11.8 Å². The van der Waals surface area contributed by atoms with Crippen LogP contribution in [0.5, 0.6) is 0 Å². The first-order chi connectivity index (χ1) is 9.24. The molecule has 0 unspecified atom stereocenters. The highest BCUT2D eigenvalue weighted by Crippen LogP contribution is 2.33. The Bertz CT molecular complexity index is 597. The van der Waals surface area contributed by atoms with Gasteiger partial charge in [-0.2, -0.15) is 16.1 Å². The summed E-state index contributed by atoms with van der Waals surface area (Å²) in [7, 11) is -3.45. The quantitative estimate of drug-likeness (QED) is 0.852. The highest BCUT2D eigenvalue weighted by Gasteiger charge is 2.31. The van der Waals surface area contributed by atoms with Crippen LogP contribution in [0.15, 0.2) is 23.1 Å². The Labute approximate surface area is 125 Å². The van der Waals surface area contributed by atoms with Crippen LogP contribution in [-0.4, -0.2) is 36.3 Å². The third kappa shape index (κ3) is 3.13. The largest absolute Gasteiger partial charge is 0.398 e. The van der Waals surface area contributed by atoms with E-state index in [4.69, 9.17) is 5.73 Å². The van der Waals surface area contributed by atoms with Crippen LogP contribution in [0.1, 0.15) is 25.8 Å². The second-order valence-corrected chi connectivity index (χ2v) is 9.44. The van der Waals surface area contributed by atoms with Gasteiger partial charge in [0.25, 0.3) is 0 Å². The van der Waals surface area contributed by atoms with E-state index in [-0.39, 0.29) is 4.75 Å². The third-order valence-electron chi connectivity index (χ3n) is 3.74. The van der Waals surface area contributed by atoms with E-state index < -0.39 is 10.0 Å². The van der Waals surface area contributed by atoms with Crippen LogP contribution >= 0.6 is 11.8 Å². The molecule has 0 atom stereocenters. The summed E-state index contributed by atoms with van der Waals surface area (Å²) in [6.07, 6.45) is 0.859. The third-order valence-corrected chi connectivity index (χ3v) is 7.16. The molecule has 0 aromatic heterocycles. The average Bonchev–Trinajstić information content (AvgIpc) is 2.54. The molecule has 1 aliphatic rings. The Hall–Kier alpha value is -0.720. The SMILES string of the molecule is Cc1c(N)cccc1S(=O)(=O)N1CCSC(C)(C)CC1. The van der Waals surface area contributed by atoms with Gasteiger partial charge in [-0.05, 0) is 31.0 Å². The monoisotopic (exact) mass is 314 g/mol. The summed E-state index contributed by atoms with van der Waals surface area (Å²) in [5.74, 6) is 0.827. The summed E-state index contributed by atoms with van der Waals surface area (Å²) in [4.78, 5) is 0.335. The fourth-order valence-corrected chi connectivity index (χ4v) is 5.20. The van der Waals surface area contributed by atoms with Crippen molar-refractivity contribution < 1.29 is 8.42 Å². The predicted molar refractivity (Wildman–Crippen MR) is 85.5 cm³/mol. The first-order valence-electron chi connectivity index (χ1n) is 6.73. The van der Waals surface area contributed by atoms with Gasteiger partial charge in [0.1, 0.15) is 0 Å². The molecule has 1 aromatic rings. The molecule has 1 fully saturated rings. The summed E-state index contributed by atoms with van der Waals surface area (Å²) < 4.78 is 27.3. The summed E-state index contributed by atoms with van der Waals surface area (Å²) >= 11 is 1.83. The smallest absolute Gasteiger partial charge is 0.243 e. The minimum atomic E-state index is -3.45. The van der Waals surface area contributed by atoms with Crippen LogP contribution in [-0.2, 0) is 10.0 Å². The maximum Gasteiger partial charge on any atom is 0.243 e. The molecule has 6 heteroatoms. The lowest BCUT2D eigenvalue weighted by molar-refractivity contribution is 0.415. The summed E-state index contributed by atoms with van der Waals surface area (Å²) in [6.45, 7) is 7.22. The molecule has 0 spiro atoms. The normalized spacial score (nSPS) is 20.6. The van der Waals surface area contributed by atoms with Crippen LogP contribution in [0.25, 0.3) is 0 Å². The van der Waals surface area contributed by atoms with Gasteiger partial charge in [0.05, 0.1) is 4.90 Å². The number of nitrogens with zero attached hydrogens (tertiary/aromatic N) is 1. The molecule has 1 saturated heterocycles. The van der Waals surface area contributed by atoms with E-state index in [2.05, 4.69) is 13.8 Å². The van der Waals surface area contributed by atoms with Crippen molar-refractivity contribution in [3.05, 3.63) is 23.8 Å². The molecule has 4 nitrogen and oxygen atoms in total. The maximum absolute atomic E-state index is 12.8. The Kier molecular flexibility index (Phi) is 4.37. The summed E-state index contributed by atoms with van der Waals surface area (Å²) in [6, 6.07) is 5.08. The van der Waals surface area contributed by atoms with Gasteiger partial charge in [0.2, 0.25) is 10.0 Å². The van der Waals surface area contributed by atoms with Crippen LogP contribution in [0, 0.1) is 6.92 Å². The zero-order chi connectivity index (χ0) is 15.0. The number of hydrogen-bond donors (Lipinski definition) is 1. The lowest BCUT2D eigenvalue weighted by Gasteiger charge is -2.23. The van der Waals surface area contributed by atoms with Gasteiger partial charge in [0.15, 0.2) is 0 Å². The van der Waals surface area contributed by atoms with E-state index >= 15 is 0 Å². The van der Waals surface area contributed by atoms with Crippen LogP contribution in [0.2, 0.25) is 0 Å².